The number of hydrogen-bond donors (Lipinski definition) is 1. The number of carboxylic acid groups (broad SMARTS) is 1. The number of pyridine rings is 1. The van der Waals surface area contributed by atoms with Gasteiger partial charge in [-0.1, -0.05) is 12.1 Å². The van der Waals surface area contributed by atoms with Crippen LogP contribution in [0.5, 0.6) is 11.5 Å². The molecule has 0 bridgehead atoms. The fourth-order valence-electron chi connectivity index (χ4n) is 4.35. The second kappa shape index (κ2) is 8.15. The minimum Gasteiger partial charge on any atom is -0.497 e. The number of rotatable bonds is 4. The summed E-state index contributed by atoms with van der Waals surface area (Å²) in [7, 11) is 1.58. The monoisotopic (exact) mass is 454 g/mol. The van der Waals surface area contributed by atoms with E-state index in [1.165, 1.54) is 14.7 Å². The molecule has 0 saturated carbocycles. The van der Waals surface area contributed by atoms with Crippen LogP contribution in [0.4, 0.5) is 21.2 Å². The van der Waals surface area contributed by atoms with Crippen LogP contribution in [-0.2, 0) is 16.1 Å². The molecule has 2 atom stereocenters. The first-order valence-electron chi connectivity index (χ1n) is 10.5. The molecule has 33 heavy (non-hydrogen) atoms. The van der Waals surface area contributed by atoms with E-state index in [-0.39, 0.29) is 31.6 Å². The Balaban J connectivity index is 1.43. The summed E-state index contributed by atoms with van der Waals surface area (Å²) in [5.41, 5.74) is 0.880. The smallest absolute Gasteiger partial charge is 0.416 e. The lowest BCUT2D eigenvalue weighted by Gasteiger charge is -2.34. The van der Waals surface area contributed by atoms with E-state index in [9.17, 15) is 19.5 Å². The maximum Gasteiger partial charge on any atom is 0.416 e. The predicted molar refractivity (Wildman–Crippen MR) is 115 cm³/mol. The lowest BCUT2D eigenvalue weighted by atomic mass is 10.0. The number of ether oxygens (including phenoxy) is 3. The number of aromatic nitrogens is 1. The maximum absolute atomic E-state index is 12.7. The van der Waals surface area contributed by atoms with E-state index in [4.69, 9.17) is 14.2 Å². The van der Waals surface area contributed by atoms with Gasteiger partial charge >= 0.3 is 12.2 Å². The Labute approximate surface area is 189 Å². The number of amides is 3. The Hall–Kier alpha value is -4.02. The van der Waals surface area contributed by atoms with Crippen LogP contribution in [0.3, 0.4) is 0 Å². The molecule has 3 aliphatic rings. The highest BCUT2D eigenvalue weighted by Crippen LogP contribution is 2.37. The Morgan fingerprint density at radius 2 is 2.00 bits per heavy atom. The van der Waals surface area contributed by atoms with Crippen molar-refractivity contribution < 1.29 is 33.7 Å². The number of anilines is 2. The minimum absolute atomic E-state index is 0.105. The van der Waals surface area contributed by atoms with Gasteiger partial charge in [-0.2, -0.15) is 0 Å². The second-order valence-electron chi connectivity index (χ2n) is 7.98. The Morgan fingerprint density at radius 3 is 2.73 bits per heavy atom. The van der Waals surface area contributed by atoms with E-state index in [1.807, 2.05) is 24.3 Å². The summed E-state index contributed by atoms with van der Waals surface area (Å²) < 4.78 is 16.2. The molecule has 1 aromatic heterocycles. The molecular formula is C22H22N4O7. The highest BCUT2D eigenvalue weighted by atomic mass is 16.6. The van der Waals surface area contributed by atoms with Gasteiger partial charge in [0.15, 0.2) is 18.2 Å². The number of carbonyl (C=O) groups excluding carboxylic acids is 2. The van der Waals surface area contributed by atoms with Crippen LogP contribution in [0.2, 0.25) is 0 Å². The standard InChI is InChI=1S/C22H22N4O7/c1-31-14-4-2-13(3-5-14)10-25-19(27)12-32-16-6-7-18(23-20(16)25)26-15-8-9-24(21(28)29)11-17(15)33-22(26)30/h2-7,15,17H,8-12H2,1H3,(H,28,29)/t15-,17+/m0/s1. The molecule has 1 aromatic carbocycles. The minimum atomic E-state index is -1.04. The number of carbonyl (C=O) groups is 3. The van der Waals surface area contributed by atoms with Crippen LogP contribution in [0, 0.1) is 0 Å². The molecule has 5 rings (SSSR count). The summed E-state index contributed by atoms with van der Waals surface area (Å²) in [6.45, 7) is 0.573. The van der Waals surface area contributed by atoms with Gasteiger partial charge in [-0.15, -0.1) is 0 Å². The normalized spacial score (nSPS) is 21.8. The molecule has 0 spiro atoms. The van der Waals surface area contributed by atoms with Crippen LogP contribution in [0.15, 0.2) is 36.4 Å². The summed E-state index contributed by atoms with van der Waals surface area (Å²) in [6.07, 6.45) is -1.78. The van der Waals surface area contributed by atoms with E-state index in [0.29, 0.717) is 36.1 Å². The van der Waals surface area contributed by atoms with Crippen molar-refractivity contribution in [3.8, 4) is 11.5 Å². The molecule has 11 heteroatoms. The third-order valence-corrected chi connectivity index (χ3v) is 6.05. The molecule has 0 radical (unpaired) electrons. The fraction of sp³-hybridized carbons (Fsp3) is 0.364. The molecule has 0 aliphatic carbocycles. The molecule has 1 N–H and O–H groups in total. The predicted octanol–water partition coefficient (Wildman–Crippen LogP) is 2.09. The first-order valence-corrected chi connectivity index (χ1v) is 10.5. The van der Waals surface area contributed by atoms with Crippen molar-refractivity contribution in [2.75, 3.05) is 36.6 Å². The van der Waals surface area contributed by atoms with Gasteiger partial charge in [-0.05, 0) is 36.2 Å². The molecule has 3 aliphatic heterocycles. The Morgan fingerprint density at radius 1 is 1.21 bits per heavy atom. The average molecular weight is 454 g/mol. The van der Waals surface area contributed by atoms with Crippen LogP contribution in [-0.4, -0.2) is 72.0 Å². The van der Waals surface area contributed by atoms with Gasteiger partial charge in [0.2, 0.25) is 0 Å². The van der Waals surface area contributed by atoms with Crippen LogP contribution >= 0.6 is 0 Å². The Bertz CT molecular complexity index is 1110. The SMILES string of the molecule is COc1ccc(CN2C(=O)COc3ccc(N4C(=O)O[C@@H]5CN(C(=O)O)CC[C@@H]54)nc32)cc1. The summed E-state index contributed by atoms with van der Waals surface area (Å²) in [4.78, 5) is 45.4. The lowest BCUT2D eigenvalue weighted by Crippen LogP contribution is -2.51. The zero-order valence-electron chi connectivity index (χ0n) is 17.8. The highest BCUT2D eigenvalue weighted by molar-refractivity contribution is 5.97. The molecule has 3 amide bonds. The quantitative estimate of drug-likeness (QED) is 0.745. The van der Waals surface area contributed by atoms with Crippen molar-refractivity contribution in [1.82, 2.24) is 9.88 Å². The summed E-state index contributed by atoms with van der Waals surface area (Å²) in [5, 5.41) is 9.25. The third kappa shape index (κ3) is 3.75. The van der Waals surface area contributed by atoms with Crippen molar-refractivity contribution in [3.63, 3.8) is 0 Å². The number of nitrogens with zero attached hydrogens (tertiary/aromatic N) is 4. The van der Waals surface area contributed by atoms with Gasteiger partial charge in [-0.25, -0.2) is 14.6 Å². The number of hydrogen-bond acceptors (Lipinski definition) is 7. The van der Waals surface area contributed by atoms with E-state index in [0.717, 1.165) is 5.56 Å². The number of benzene rings is 1. The molecule has 11 nitrogen and oxygen atoms in total. The molecule has 2 saturated heterocycles. The molecule has 172 valence electrons. The molecular weight excluding hydrogens is 432 g/mol. The summed E-state index contributed by atoms with van der Waals surface area (Å²) in [6, 6.07) is 10.3. The van der Waals surface area contributed by atoms with Crippen molar-refractivity contribution in [3.05, 3.63) is 42.0 Å². The topological polar surface area (TPSA) is 122 Å². The van der Waals surface area contributed by atoms with E-state index in [2.05, 4.69) is 4.98 Å². The largest absolute Gasteiger partial charge is 0.497 e. The average Bonchev–Trinajstić information content (AvgIpc) is 3.15. The second-order valence-corrected chi connectivity index (χ2v) is 7.98. The van der Waals surface area contributed by atoms with E-state index < -0.39 is 18.3 Å². The molecule has 2 fully saturated rings. The zero-order chi connectivity index (χ0) is 23.1. The van der Waals surface area contributed by atoms with Gasteiger partial charge in [0.05, 0.1) is 26.2 Å². The van der Waals surface area contributed by atoms with Crippen molar-refractivity contribution >= 4 is 29.7 Å². The van der Waals surface area contributed by atoms with Crippen LogP contribution in [0.25, 0.3) is 0 Å². The number of piperidine rings is 1. The number of methoxy groups -OCH3 is 1. The fourth-order valence-corrected chi connectivity index (χ4v) is 4.35. The van der Waals surface area contributed by atoms with E-state index >= 15 is 0 Å². The van der Waals surface area contributed by atoms with Gasteiger partial charge in [-0.3, -0.25) is 14.6 Å². The number of fused-ring (bicyclic) bond motifs is 2. The first kappa shape index (κ1) is 20.9. The zero-order valence-corrected chi connectivity index (χ0v) is 17.8. The molecule has 4 heterocycles. The van der Waals surface area contributed by atoms with Gasteiger partial charge in [0.1, 0.15) is 17.7 Å². The van der Waals surface area contributed by atoms with Gasteiger partial charge in [0, 0.05) is 6.54 Å². The summed E-state index contributed by atoms with van der Waals surface area (Å²) in [5.74, 6) is 1.55. The van der Waals surface area contributed by atoms with Crippen LogP contribution < -0.4 is 19.3 Å². The van der Waals surface area contributed by atoms with Gasteiger partial charge < -0.3 is 24.2 Å². The molecule has 2 aromatic rings. The lowest BCUT2D eigenvalue weighted by molar-refractivity contribution is -0.121. The van der Waals surface area contributed by atoms with Crippen molar-refractivity contribution in [2.24, 2.45) is 0 Å². The number of likely N-dealkylation sites (tertiary alicyclic amines) is 1. The maximum atomic E-state index is 12.7. The highest BCUT2D eigenvalue weighted by Gasteiger charge is 2.47. The van der Waals surface area contributed by atoms with Gasteiger partial charge in [0.25, 0.3) is 5.91 Å². The first-order chi connectivity index (χ1) is 15.9. The molecule has 0 unspecified atom stereocenters. The van der Waals surface area contributed by atoms with Crippen molar-refractivity contribution in [1.29, 1.82) is 0 Å². The Kier molecular flexibility index (Phi) is 5.15. The third-order valence-electron chi connectivity index (χ3n) is 6.05. The summed E-state index contributed by atoms with van der Waals surface area (Å²) >= 11 is 0. The van der Waals surface area contributed by atoms with Crippen molar-refractivity contribution in [2.45, 2.75) is 25.1 Å². The van der Waals surface area contributed by atoms with E-state index in [1.54, 1.807) is 19.2 Å². The van der Waals surface area contributed by atoms with Crippen LogP contribution in [0.1, 0.15) is 12.0 Å².